The molecular weight excluding hydrogens is 526 g/mol. The number of methoxy groups -OCH3 is 1. The lowest BCUT2D eigenvalue weighted by molar-refractivity contribution is -0.132. The molecule has 1 aromatic heterocycles. The van der Waals surface area contributed by atoms with Gasteiger partial charge in [-0.05, 0) is 69.9 Å². The zero-order valence-corrected chi connectivity index (χ0v) is 23.9. The third-order valence-electron chi connectivity index (χ3n) is 7.59. The van der Waals surface area contributed by atoms with Gasteiger partial charge in [0.05, 0.1) is 17.8 Å². The number of pyridine rings is 1. The normalized spacial score (nSPS) is 21.4. The summed E-state index contributed by atoms with van der Waals surface area (Å²) < 4.78 is 16.8. The van der Waals surface area contributed by atoms with Crippen molar-refractivity contribution in [2.45, 2.75) is 57.2 Å². The molecule has 0 radical (unpaired) electrons. The van der Waals surface area contributed by atoms with Crippen LogP contribution in [0.4, 0.5) is 11.4 Å². The van der Waals surface area contributed by atoms with Gasteiger partial charge in [0.2, 0.25) is 5.91 Å². The van der Waals surface area contributed by atoms with E-state index in [-0.39, 0.29) is 42.3 Å². The Hall–Kier alpha value is -3.70. The van der Waals surface area contributed by atoms with Gasteiger partial charge in [-0.25, -0.2) is 0 Å². The Morgan fingerprint density at radius 1 is 1.24 bits per heavy atom. The quantitative estimate of drug-likeness (QED) is 0.398. The Morgan fingerprint density at radius 2 is 2.07 bits per heavy atom. The smallest absolute Gasteiger partial charge is 0.270 e. The molecule has 3 amide bonds. The number of hydrogen-bond acceptors (Lipinski definition) is 8. The number of piperidine rings is 1. The molecule has 41 heavy (non-hydrogen) atoms. The average Bonchev–Trinajstić information content (AvgIpc) is 3.80. The summed E-state index contributed by atoms with van der Waals surface area (Å²) in [6.45, 7) is 5.56. The predicted molar refractivity (Wildman–Crippen MR) is 153 cm³/mol. The molecule has 2 fully saturated rings. The van der Waals surface area contributed by atoms with Crippen molar-refractivity contribution in [2.75, 3.05) is 49.8 Å². The maximum atomic E-state index is 14.0. The standard InChI is InChI=1S/C30H39N5O6/c1-30(2)29(38)34(12-5-13-39-3)25-15-23(9-10-26(25)41-30)35(22-7-8-22)28(37)20-14-21(17-32-16-20)33-27(36)19-40-24-6-4-11-31-18-24/h4,6,9-11,15,18,20-22,32H,5,7-8,12-14,16-17,19H2,1-3H3,(H,33,36)/t20-,21+/m1/s1. The highest BCUT2D eigenvalue weighted by Gasteiger charge is 2.43. The minimum absolute atomic E-state index is 0.0137. The molecule has 2 atom stereocenters. The SMILES string of the molecule is COCCCN1C(=O)C(C)(C)Oc2ccc(N(C(=O)[C@H]3CNC[C@@H](NC(=O)COc4cccnc4)C3)C3CC3)cc21. The highest BCUT2D eigenvalue weighted by Crippen LogP contribution is 2.42. The molecule has 3 aliphatic rings. The summed E-state index contributed by atoms with van der Waals surface area (Å²) in [6.07, 6.45) is 6.25. The third kappa shape index (κ3) is 6.79. The van der Waals surface area contributed by atoms with E-state index < -0.39 is 5.60 Å². The molecule has 220 valence electrons. The van der Waals surface area contributed by atoms with Crippen LogP contribution in [0.15, 0.2) is 42.7 Å². The average molecular weight is 566 g/mol. The molecule has 1 saturated carbocycles. The number of amides is 3. The zero-order valence-electron chi connectivity index (χ0n) is 23.9. The van der Waals surface area contributed by atoms with Gasteiger partial charge in [0.15, 0.2) is 12.2 Å². The second-order valence-corrected chi connectivity index (χ2v) is 11.3. The minimum Gasteiger partial charge on any atom is -0.482 e. The lowest BCUT2D eigenvalue weighted by Crippen LogP contribution is -2.54. The highest BCUT2D eigenvalue weighted by molar-refractivity contribution is 6.04. The monoisotopic (exact) mass is 565 g/mol. The van der Waals surface area contributed by atoms with E-state index in [2.05, 4.69) is 15.6 Å². The van der Waals surface area contributed by atoms with E-state index in [4.69, 9.17) is 14.2 Å². The van der Waals surface area contributed by atoms with Gasteiger partial charge in [0.25, 0.3) is 11.8 Å². The lowest BCUT2D eigenvalue weighted by Gasteiger charge is -2.40. The van der Waals surface area contributed by atoms with Crippen molar-refractivity contribution in [3.63, 3.8) is 0 Å². The van der Waals surface area contributed by atoms with Crippen molar-refractivity contribution in [3.8, 4) is 11.5 Å². The number of anilines is 2. The maximum absolute atomic E-state index is 14.0. The van der Waals surface area contributed by atoms with Crippen LogP contribution in [0, 0.1) is 5.92 Å². The highest BCUT2D eigenvalue weighted by atomic mass is 16.5. The Morgan fingerprint density at radius 3 is 2.80 bits per heavy atom. The van der Waals surface area contributed by atoms with E-state index >= 15 is 0 Å². The first-order chi connectivity index (χ1) is 19.8. The number of rotatable bonds is 11. The van der Waals surface area contributed by atoms with Crippen LogP contribution in [-0.4, -0.2) is 80.3 Å². The Bertz CT molecular complexity index is 1250. The van der Waals surface area contributed by atoms with Gasteiger partial charge in [-0.15, -0.1) is 0 Å². The number of carbonyl (C=O) groups excluding carboxylic acids is 3. The molecule has 11 nitrogen and oxygen atoms in total. The molecule has 3 heterocycles. The first-order valence-electron chi connectivity index (χ1n) is 14.3. The number of hydrogen-bond donors (Lipinski definition) is 2. The predicted octanol–water partition coefficient (Wildman–Crippen LogP) is 2.29. The van der Waals surface area contributed by atoms with Crippen molar-refractivity contribution in [1.29, 1.82) is 0 Å². The van der Waals surface area contributed by atoms with Crippen LogP contribution in [0.2, 0.25) is 0 Å². The number of benzene rings is 1. The van der Waals surface area contributed by atoms with Crippen molar-refractivity contribution >= 4 is 29.1 Å². The number of nitrogens with one attached hydrogen (secondary N) is 2. The van der Waals surface area contributed by atoms with Crippen molar-refractivity contribution in [3.05, 3.63) is 42.7 Å². The largest absolute Gasteiger partial charge is 0.482 e. The fraction of sp³-hybridized carbons (Fsp3) is 0.533. The number of carbonyl (C=O) groups is 3. The van der Waals surface area contributed by atoms with Gasteiger partial charge in [0, 0.05) is 57.3 Å². The van der Waals surface area contributed by atoms with Gasteiger partial charge < -0.3 is 34.6 Å². The molecule has 1 aliphatic carbocycles. The van der Waals surface area contributed by atoms with E-state index in [0.717, 1.165) is 18.5 Å². The molecular formula is C30H39N5O6. The molecule has 5 rings (SSSR count). The third-order valence-corrected chi connectivity index (χ3v) is 7.59. The summed E-state index contributed by atoms with van der Waals surface area (Å²) in [5.74, 6) is 0.484. The number of aromatic nitrogens is 1. The van der Waals surface area contributed by atoms with Crippen molar-refractivity contribution in [1.82, 2.24) is 15.6 Å². The summed E-state index contributed by atoms with van der Waals surface area (Å²) in [4.78, 5) is 47.4. The fourth-order valence-electron chi connectivity index (χ4n) is 5.43. The summed E-state index contributed by atoms with van der Waals surface area (Å²) >= 11 is 0. The van der Waals surface area contributed by atoms with Crippen LogP contribution in [0.25, 0.3) is 0 Å². The fourth-order valence-corrected chi connectivity index (χ4v) is 5.43. The first kappa shape index (κ1) is 28.8. The van der Waals surface area contributed by atoms with Crippen LogP contribution in [0.3, 0.4) is 0 Å². The topological polar surface area (TPSA) is 122 Å². The molecule has 1 saturated heterocycles. The molecule has 0 spiro atoms. The summed E-state index contributed by atoms with van der Waals surface area (Å²) in [5.41, 5.74) is 0.436. The molecule has 2 aromatic rings. The van der Waals surface area contributed by atoms with E-state index in [1.807, 2.05) is 23.1 Å². The second-order valence-electron chi connectivity index (χ2n) is 11.3. The summed E-state index contributed by atoms with van der Waals surface area (Å²) in [5, 5.41) is 6.31. The number of fused-ring (bicyclic) bond motifs is 1. The molecule has 2 N–H and O–H groups in total. The number of nitrogens with zero attached hydrogens (tertiary/aromatic N) is 3. The van der Waals surface area contributed by atoms with E-state index in [9.17, 15) is 14.4 Å². The molecule has 11 heteroatoms. The number of ether oxygens (including phenoxy) is 3. The zero-order chi connectivity index (χ0) is 29.0. The Balaban J connectivity index is 1.28. The van der Waals surface area contributed by atoms with Gasteiger partial charge >= 0.3 is 0 Å². The molecule has 2 aliphatic heterocycles. The first-order valence-corrected chi connectivity index (χ1v) is 14.3. The Labute approximate surface area is 240 Å². The van der Waals surface area contributed by atoms with Crippen molar-refractivity contribution in [2.24, 2.45) is 5.92 Å². The van der Waals surface area contributed by atoms with E-state index in [1.54, 1.807) is 50.4 Å². The Kier molecular flexibility index (Phi) is 8.74. The van der Waals surface area contributed by atoms with Gasteiger partial charge in [0.1, 0.15) is 11.5 Å². The van der Waals surface area contributed by atoms with Crippen molar-refractivity contribution < 1.29 is 28.6 Å². The van der Waals surface area contributed by atoms with Crippen LogP contribution in [-0.2, 0) is 19.1 Å². The minimum atomic E-state index is -0.982. The van der Waals surface area contributed by atoms with E-state index in [0.29, 0.717) is 56.3 Å². The molecule has 1 aromatic carbocycles. The van der Waals surface area contributed by atoms with Crippen LogP contribution >= 0.6 is 0 Å². The summed E-state index contributed by atoms with van der Waals surface area (Å²) in [6, 6.07) is 9.06. The second kappa shape index (κ2) is 12.4. The maximum Gasteiger partial charge on any atom is 0.270 e. The van der Waals surface area contributed by atoms with E-state index in [1.165, 1.54) is 0 Å². The van der Waals surface area contributed by atoms with Crippen LogP contribution in [0.5, 0.6) is 11.5 Å². The lowest BCUT2D eigenvalue weighted by atomic mass is 9.93. The summed E-state index contributed by atoms with van der Waals surface area (Å²) in [7, 11) is 1.64. The molecule has 0 unspecified atom stereocenters. The van der Waals surface area contributed by atoms with Gasteiger partial charge in [-0.1, -0.05) is 0 Å². The van der Waals surface area contributed by atoms with Crippen LogP contribution < -0.4 is 29.9 Å². The van der Waals surface area contributed by atoms with Gasteiger partial charge in [-0.2, -0.15) is 0 Å². The molecule has 0 bridgehead atoms. The van der Waals surface area contributed by atoms with Gasteiger partial charge in [-0.3, -0.25) is 19.4 Å². The van der Waals surface area contributed by atoms with Crippen LogP contribution in [0.1, 0.15) is 39.5 Å².